The number of allylic oxidation sites excluding steroid dienone is 4. The molecule has 0 bridgehead atoms. The van der Waals surface area contributed by atoms with Gasteiger partial charge in [-0.2, -0.15) is 25.3 Å². The van der Waals surface area contributed by atoms with Gasteiger partial charge in [-0.25, -0.2) is 0 Å². The van der Waals surface area contributed by atoms with Crippen molar-refractivity contribution in [2.75, 3.05) is 12.4 Å². The van der Waals surface area contributed by atoms with Gasteiger partial charge in [-0.3, -0.25) is 14.4 Å². The summed E-state index contributed by atoms with van der Waals surface area (Å²) in [5.74, 6) is -1.13. The zero-order chi connectivity index (χ0) is 40.7. The number of thiol groups is 2. The van der Waals surface area contributed by atoms with Gasteiger partial charge in [0.2, 0.25) is 0 Å². The Labute approximate surface area is 350 Å². The molecule has 0 spiro atoms. The minimum absolute atomic E-state index is 0.0195. The largest absolute Gasteiger partial charge is 0.440 e. The van der Waals surface area contributed by atoms with Crippen molar-refractivity contribution in [1.82, 2.24) is 0 Å². The predicted octanol–water partition coefficient (Wildman–Crippen LogP) is 13.0. The molecule has 0 aromatic carbocycles. The molecule has 0 amide bonds. The lowest BCUT2D eigenvalue weighted by Gasteiger charge is -2.34. The van der Waals surface area contributed by atoms with Gasteiger partial charge in [-0.15, -0.1) is 0 Å². The normalized spacial score (nSPS) is 14.1. The number of aliphatic hydroxyl groups excluding tert-OH is 2. The van der Waals surface area contributed by atoms with E-state index in [0.29, 0.717) is 19.3 Å². The molecular weight excluding hydrogens is 725 g/mol. The molecule has 0 fully saturated rings. The van der Waals surface area contributed by atoms with Crippen LogP contribution in [0, 0.1) is 0 Å². The standard InChI is InChI=1S/C47H86O6S2/c1-3-5-7-9-11-13-15-17-19-21-23-25-27-29-31-36-43(49)47(45(51)41-48,53-46(52)38-34-33-35-42(55)39-40-54)44(50)37-32-30-28-26-24-22-20-18-16-14-12-10-8-6-4-2/h17-20,42,45,48,51,54-55H,3-16,21-41H2,1-2H3. The number of aliphatic hydroxyl groups is 2. The lowest BCUT2D eigenvalue weighted by molar-refractivity contribution is -0.188. The maximum atomic E-state index is 13.8. The lowest BCUT2D eigenvalue weighted by Crippen LogP contribution is -2.60. The molecule has 0 radical (unpaired) electrons. The van der Waals surface area contributed by atoms with Gasteiger partial charge >= 0.3 is 5.97 Å². The van der Waals surface area contributed by atoms with Crippen LogP contribution in [0.5, 0.6) is 0 Å². The van der Waals surface area contributed by atoms with Crippen molar-refractivity contribution in [2.24, 2.45) is 0 Å². The SMILES string of the molecule is CCCCCCCCC=CCCCCCCCC(=O)C(OC(=O)CCCCC(S)CCS)(C(=O)CCCCCCCC=CCCCCCCCC)C(O)CO. The van der Waals surface area contributed by atoms with Crippen LogP contribution in [-0.2, 0) is 19.1 Å². The minimum Gasteiger partial charge on any atom is -0.440 e. The summed E-state index contributed by atoms with van der Waals surface area (Å²) in [6, 6.07) is 0. The first-order valence-electron chi connectivity index (χ1n) is 23.0. The Morgan fingerprint density at radius 3 is 1.29 bits per heavy atom. The van der Waals surface area contributed by atoms with E-state index in [1.165, 1.54) is 77.0 Å². The molecule has 0 saturated heterocycles. The summed E-state index contributed by atoms with van der Waals surface area (Å²) in [4.78, 5) is 40.8. The quantitative estimate of drug-likeness (QED) is 0.0161. The fraction of sp³-hybridized carbons (Fsp3) is 0.851. The monoisotopic (exact) mass is 811 g/mol. The second-order valence-corrected chi connectivity index (χ2v) is 17.0. The number of carbonyl (C=O) groups excluding carboxylic acids is 3. The van der Waals surface area contributed by atoms with Crippen molar-refractivity contribution in [3.8, 4) is 0 Å². The number of Topliss-reactive ketones (excluding diaryl/α,β-unsaturated/α-hetero) is 2. The maximum Gasteiger partial charge on any atom is 0.307 e. The summed E-state index contributed by atoms with van der Waals surface area (Å²) in [6.45, 7) is 3.65. The van der Waals surface area contributed by atoms with Gasteiger partial charge in [-0.05, 0) is 89.2 Å². The van der Waals surface area contributed by atoms with Gasteiger partial charge in [0, 0.05) is 24.5 Å². The second kappa shape index (κ2) is 39.7. The molecule has 55 heavy (non-hydrogen) atoms. The van der Waals surface area contributed by atoms with Crippen LogP contribution in [0.3, 0.4) is 0 Å². The van der Waals surface area contributed by atoms with Crippen LogP contribution < -0.4 is 0 Å². The van der Waals surface area contributed by atoms with E-state index in [-0.39, 0.29) is 24.5 Å². The topological polar surface area (TPSA) is 101 Å². The molecule has 0 aromatic rings. The number of unbranched alkanes of at least 4 members (excludes halogenated alkanes) is 23. The summed E-state index contributed by atoms with van der Waals surface area (Å²) in [5, 5.41) is 21.3. The van der Waals surface area contributed by atoms with E-state index in [1.807, 2.05) is 0 Å². The number of esters is 1. The Kier molecular flexibility index (Phi) is 38.9. The van der Waals surface area contributed by atoms with Crippen molar-refractivity contribution in [3.05, 3.63) is 24.3 Å². The number of hydrogen-bond donors (Lipinski definition) is 4. The highest BCUT2D eigenvalue weighted by molar-refractivity contribution is 7.81. The number of carbonyl (C=O) groups is 3. The van der Waals surface area contributed by atoms with E-state index in [0.717, 1.165) is 102 Å². The fourth-order valence-electron chi connectivity index (χ4n) is 7.09. The summed E-state index contributed by atoms with van der Waals surface area (Å²) in [7, 11) is 0. The van der Waals surface area contributed by atoms with Crippen molar-refractivity contribution in [2.45, 2.75) is 243 Å². The first-order chi connectivity index (χ1) is 26.8. The van der Waals surface area contributed by atoms with Gasteiger partial charge in [0.1, 0.15) is 6.10 Å². The van der Waals surface area contributed by atoms with Gasteiger partial charge in [0.05, 0.1) is 6.61 Å². The summed E-state index contributed by atoms with van der Waals surface area (Å²) in [5.41, 5.74) is -2.36. The van der Waals surface area contributed by atoms with Crippen molar-refractivity contribution >= 4 is 42.8 Å². The van der Waals surface area contributed by atoms with Gasteiger partial charge in [0.25, 0.3) is 5.60 Å². The van der Waals surface area contributed by atoms with Gasteiger partial charge < -0.3 is 14.9 Å². The van der Waals surface area contributed by atoms with Crippen LogP contribution in [0.4, 0.5) is 0 Å². The summed E-state index contributed by atoms with van der Waals surface area (Å²) >= 11 is 8.81. The second-order valence-electron chi connectivity index (χ2n) is 15.8. The van der Waals surface area contributed by atoms with Crippen LogP contribution in [0.2, 0.25) is 0 Å². The van der Waals surface area contributed by atoms with Crippen LogP contribution in [0.15, 0.2) is 24.3 Å². The third-order valence-corrected chi connectivity index (χ3v) is 11.5. The number of hydrogen-bond acceptors (Lipinski definition) is 8. The van der Waals surface area contributed by atoms with E-state index in [1.54, 1.807) is 0 Å². The first kappa shape index (κ1) is 53.9. The lowest BCUT2D eigenvalue weighted by atomic mass is 9.82. The Balaban J connectivity index is 4.95. The average molecular weight is 811 g/mol. The molecule has 2 atom stereocenters. The number of ether oxygens (including phenoxy) is 1. The Bertz CT molecular complexity index is 915. The highest BCUT2D eigenvalue weighted by atomic mass is 32.1. The number of rotatable bonds is 42. The van der Waals surface area contributed by atoms with E-state index >= 15 is 0 Å². The van der Waals surface area contributed by atoms with Crippen LogP contribution in [0.1, 0.15) is 226 Å². The van der Waals surface area contributed by atoms with Gasteiger partial charge in [-0.1, -0.05) is 147 Å². The Morgan fingerprint density at radius 1 is 0.545 bits per heavy atom. The minimum atomic E-state index is -2.36. The van der Waals surface area contributed by atoms with Crippen molar-refractivity contribution in [1.29, 1.82) is 0 Å². The molecule has 6 nitrogen and oxygen atoms in total. The molecule has 0 aliphatic heterocycles. The molecule has 322 valence electrons. The maximum absolute atomic E-state index is 13.8. The Morgan fingerprint density at radius 2 is 0.909 bits per heavy atom. The van der Waals surface area contributed by atoms with E-state index < -0.39 is 35.8 Å². The third-order valence-electron chi connectivity index (χ3n) is 10.7. The van der Waals surface area contributed by atoms with E-state index in [9.17, 15) is 24.6 Å². The van der Waals surface area contributed by atoms with Crippen LogP contribution in [0.25, 0.3) is 0 Å². The van der Waals surface area contributed by atoms with Crippen LogP contribution >= 0.6 is 25.3 Å². The summed E-state index contributed by atoms with van der Waals surface area (Å²) in [6.07, 6.45) is 39.6. The molecule has 2 N–H and O–H groups in total. The zero-order valence-corrected chi connectivity index (χ0v) is 37.4. The summed E-state index contributed by atoms with van der Waals surface area (Å²) < 4.78 is 5.72. The molecule has 0 aliphatic rings. The predicted molar refractivity (Wildman–Crippen MR) is 241 cm³/mol. The molecule has 2 unspecified atom stereocenters. The fourth-order valence-corrected chi connectivity index (χ4v) is 7.92. The van der Waals surface area contributed by atoms with Crippen LogP contribution in [-0.4, -0.2) is 57.1 Å². The van der Waals surface area contributed by atoms with Crippen molar-refractivity contribution < 1.29 is 29.3 Å². The smallest absolute Gasteiger partial charge is 0.307 e. The van der Waals surface area contributed by atoms with E-state index in [4.69, 9.17) is 4.74 Å². The average Bonchev–Trinajstić information content (AvgIpc) is 3.18. The molecular formula is C47H86O6S2. The molecule has 0 rings (SSSR count). The van der Waals surface area contributed by atoms with E-state index in [2.05, 4.69) is 63.4 Å². The molecule has 0 heterocycles. The first-order valence-corrected chi connectivity index (χ1v) is 24.1. The molecule has 0 aromatic heterocycles. The molecule has 0 saturated carbocycles. The van der Waals surface area contributed by atoms with Crippen molar-refractivity contribution in [3.63, 3.8) is 0 Å². The highest BCUT2D eigenvalue weighted by Crippen LogP contribution is 2.28. The highest BCUT2D eigenvalue weighted by Gasteiger charge is 2.53. The molecule has 0 aliphatic carbocycles. The third kappa shape index (κ3) is 29.7. The number of ketones is 2. The van der Waals surface area contributed by atoms with Gasteiger partial charge in [0.15, 0.2) is 11.6 Å². The Hall–Kier alpha value is -1.09. The zero-order valence-electron chi connectivity index (χ0n) is 35.6. The molecule has 8 heteroatoms.